The summed E-state index contributed by atoms with van der Waals surface area (Å²) in [5.74, 6) is 0. The minimum absolute atomic E-state index is 0.346. The Morgan fingerprint density at radius 3 is 2.20 bits per heavy atom. The predicted octanol–water partition coefficient (Wildman–Crippen LogP) is 3.12. The van der Waals surface area contributed by atoms with Gasteiger partial charge in [-0.3, -0.25) is 0 Å². The smallest absolute Gasteiger partial charge is 0.207 e. The number of hydrogen-bond acceptors (Lipinski definition) is 2. The van der Waals surface area contributed by atoms with Crippen LogP contribution in [0.2, 0.25) is 0 Å². The molecule has 2 rings (SSSR count). The van der Waals surface area contributed by atoms with Crippen LogP contribution in [0, 0.1) is 13.8 Å². The largest absolute Gasteiger partial charge is 0.243 e. The summed E-state index contributed by atoms with van der Waals surface area (Å²) in [5, 5.41) is 0. The van der Waals surface area contributed by atoms with E-state index in [1.165, 1.54) is 4.31 Å². The van der Waals surface area contributed by atoms with Crippen LogP contribution in [0.5, 0.6) is 0 Å². The Labute approximate surface area is 120 Å². The van der Waals surface area contributed by atoms with E-state index in [9.17, 15) is 8.42 Å². The highest BCUT2D eigenvalue weighted by molar-refractivity contribution is 7.89. The van der Waals surface area contributed by atoms with Gasteiger partial charge in [-0.25, -0.2) is 8.42 Å². The molecule has 0 aromatic heterocycles. The van der Waals surface area contributed by atoms with Gasteiger partial charge in [0.2, 0.25) is 10.0 Å². The lowest BCUT2D eigenvalue weighted by Gasteiger charge is -2.18. The first-order valence-electron chi connectivity index (χ1n) is 6.49. The summed E-state index contributed by atoms with van der Waals surface area (Å²) in [7, 11) is -1.83. The van der Waals surface area contributed by atoms with Gasteiger partial charge in [0, 0.05) is 13.6 Å². The Balaban J connectivity index is 2.27. The topological polar surface area (TPSA) is 37.4 Å². The highest BCUT2D eigenvalue weighted by Crippen LogP contribution is 2.19. The van der Waals surface area contributed by atoms with Gasteiger partial charge in [-0.2, -0.15) is 4.31 Å². The van der Waals surface area contributed by atoms with Gasteiger partial charge in [0.1, 0.15) is 0 Å². The molecule has 20 heavy (non-hydrogen) atoms. The quantitative estimate of drug-likeness (QED) is 0.867. The van der Waals surface area contributed by atoms with Crippen molar-refractivity contribution in [2.75, 3.05) is 7.05 Å². The van der Waals surface area contributed by atoms with Crippen molar-refractivity contribution in [1.29, 1.82) is 0 Å². The fourth-order valence-corrected chi connectivity index (χ4v) is 3.22. The molecule has 0 fully saturated rings. The first kappa shape index (κ1) is 14.8. The van der Waals surface area contributed by atoms with E-state index in [1.807, 2.05) is 50.2 Å². The lowest BCUT2D eigenvalue weighted by atomic mass is 10.1. The van der Waals surface area contributed by atoms with Gasteiger partial charge >= 0.3 is 0 Å². The molecule has 0 spiro atoms. The Bertz CT molecular complexity index is 694. The second-order valence-corrected chi connectivity index (χ2v) is 7.04. The lowest BCUT2D eigenvalue weighted by Crippen LogP contribution is -2.26. The zero-order valence-corrected chi connectivity index (χ0v) is 12.8. The molecule has 2 aromatic rings. The van der Waals surface area contributed by atoms with E-state index >= 15 is 0 Å². The van der Waals surface area contributed by atoms with Crippen LogP contribution in [0.4, 0.5) is 0 Å². The summed E-state index contributed by atoms with van der Waals surface area (Å²) in [6.45, 7) is 4.26. The highest BCUT2D eigenvalue weighted by Gasteiger charge is 2.21. The first-order valence-corrected chi connectivity index (χ1v) is 7.93. The van der Waals surface area contributed by atoms with Gasteiger partial charge in [-0.15, -0.1) is 0 Å². The summed E-state index contributed by atoms with van der Waals surface area (Å²) in [6, 6.07) is 14.8. The van der Waals surface area contributed by atoms with Gasteiger partial charge in [0.25, 0.3) is 0 Å². The average Bonchev–Trinajstić information content (AvgIpc) is 2.42. The molecular formula is C16H19NO2S. The lowest BCUT2D eigenvalue weighted by molar-refractivity contribution is 0.466. The van der Waals surface area contributed by atoms with Gasteiger partial charge in [0.05, 0.1) is 4.90 Å². The molecule has 0 aliphatic heterocycles. The number of rotatable bonds is 4. The Kier molecular flexibility index (Phi) is 4.26. The molecule has 0 aliphatic carbocycles. The van der Waals surface area contributed by atoms with Crippen LogP contribution in [0.1, 0.15) is 16.7 Å². The maximum atomic E-state index is 12.5. The van der Waals surface area contributed by atoms with Crippen molar-refractivity contribution in [3.8, 4) is 0 Å². The van der Waals surface area contributed by atoms with Crippen LogP contribution >= 0.6 is 0 Å². The highest BCUT2D eigenvalue weighted by atomic mass is 32.2. The monoisotopic (exact) mass is 289 g/mol. The molecule has 0 aliphatic rings. The third kappa shape index (κ3) is 3.08. The third-order valence-electron chi connectivity index (χ3n) is 3.43. The standard InChI is InChI=1S/C16H19NO2S/c1-13-9-10-16(11-14(13)2)20(18,19)17(3)12-15-7-5-4-6-8-15/h4-11H,12H2,1-3H3. The molecule has 0 N–H and O–H groups in total. The molecule has 0 heterocycles. The van der Waals surface area contributed by atoms with Gasteiger partial charge in [-0.1, -0.05) is 36.4 Å². The molecule has 0 saturated heterocycles. The van der Waals surface area contributed by atoms with Crippen LogP contribution < -0.4 is 0 Å². The molecular weight excluding hydrogens is 270 g/mol. The maximum absolute atomic E-state index is 12.5. The van der Waals surface area contributed by atoms with E-state index in [1.54, 1.807) is 19.2 Å². The summed E-state index contributed by atoms with van der Waals surface area (Å²) in [4.78, 5) is 0.346. The van der Waals surface area contributed by atoms with Gasteiger partial charge < -0.3 is 0 Å². The molecule has 0 amide bonds. The van der Waals surface area contributed by atoms with E-state index in [0.717, 1.165) is 16.7 Å². The number of benzene rings is 2. The summed E-state index contributed by atoms with van der Waals surface area (Å²) >= 11 is 0. The Hall–Kier alpha value is -1.65. The van der Waals surface area contributed by atoms with Gasteiger partial charge in [0.15, 0.2) is 0 Å². The van der Waals surface area contributed by atoms with Crippen molar-refractivity contribution in [1.82, 2.24) is 4.31 Å². The molecule has 0 unspecified atom stereocenters. The van der Waals surface area contributed by atoms with E-state index in [0.29, 0.717) is 11.4 Å². The number of nitrogens with zero attached hydrogens (tertiary/aromatic N) is 1. The van der Waals surface area contributed by atoms with E-state index < -0.39 is 10.0 Å². The van der Waals surface area contributed by atoms with Crippen molar-refractivity contribution in [2.45, 2.75) is 25.3 Å². The van der Waals surface area contributed by atoms with Crippen LogP contribution in [-0.2, 0) is 16.6 Å². The van der Waals surface area contributed by atoms with Crippen LogP contribution in [0.15, 0.2) is 53.4 Å². The molecule has 0 radical (unpaired) electrons. The Morgan fingerprint density at radius 2 is 1.60 bits per heavy atom. The van der Waals surface area contributed by atoms with Gasteiger partial charge in [-0.05, 0) is 42.7 Å². The van der Waals surface area contributed by atoms with Crippen LogP contribution in [0.3, 0.4) is 0 Å². The minimum atomic E-state index is -3.44. The zero-order valence-electron chi connectivity index (χ0n) is 12.0. The number of sulfonamides is 1. The molecule has 4 heteroatoms. The third-order valence-corrected chi connectivity index (χ3v) is 5.23. The molecule has 0 bridgehead atoms. The van der Waals surface area contributed by atoms with E-state index in [-0.39, 0.29) is 0 Å². The zero-order chi connectivity index (χ0) is 14.8. The minimum Gasteiger partial charge on any atom is -0.207 e. The van der Waals surface area contributed by atoms with Crippen molar-refractivity contribution in [3.05, 3.63) is 65.2 Å². The van der Waals surface area contributed by atoms with Crippen molar-refractivity contribution >= 4 is 10.0 Å². The maximum Gasteiger partial charge on any atom is 0.243 e. The molecule has 2 aromatic carbocycles. The number of hydrogen-bond donors (Lipinski definition) is 0. The van der Waals surface area contributed by atoms with E-state index in [2.05, 4.69) is 0 Å². The van der Waals surface area contributed by atoms with Crippen LogP contribution in [0.25, 0.3) is 0 Å². The van der Waals surface area contributed by atoms with Crippen molar-refractivity contribution < 1.29 is 8.42 Å². The van der Waals surface area contributed by atoms with E-state index in [4.69, 9.17) is 0 Å². The fraction of sp³-hybridized carbons (Fsp3) is 0.250. The molecule has 0 saturated carbocycles. The van der Waals surface area contributed by atoms with Crippen molar-refractivity contribution in [2.24, 2.45) is 0 Å². The van der Waals surface area contributed by atoms with Crippen LogP contribution in [-0.4, -0.2) is 19.8 Å². The average molecular weight is 289 g/mol. The second kappa shape index (κ2) is 5.77. The molecule has 0 atom stereocenters. The Morgan fingerprint density at radius 1 is 0.950 bits per heavy atom. The molecule has 3 nitrogen and oxygen atoms in total. The fourth-order valence-electron chi connectivity index (χ4n) is 1.98. The summed E-state index contributed by atoms with van der Waals surface area (Å²) < 4.78 is 26.4. The normalized spacial score (nSPS) is 11.8. The predicted molar refractivity (Wildman–Crippen MR) is 81.0 cm³/mol. The summed E-state index contributed by atoms with van der Waals surface area (Å²) in [6.07, 6.45) is 0. The second-order valence-electron chi connectivity index (χ2n) is 4.99. The SMILES string of the molecule is Cc1ccc(S(=O)(=O)N(C)Cc2ccccc2)cc1C. The first-order chi connectivity index (χ1) is 9.41. The van der Waals surface area contributed by atoms with Crippen molar-refractivity contribution in [3.63, 3.8) is 0 Å². The number of aryl methyl sites for hydroxylation is 2. The summed E-state index contributed by atoms with van der Waals surface area (Å²) in [5.41, 5.74) is 3.05. The molecule has 106 valence electrons.